The molecule has 0 radical (unpaired) electrons. The molecule has 0 saturated heterocycles. The van der Waals surface area contributed by atoms with E-state index in [1.54, 1.807) is 0 Å². The summed E-state index contributed by atoms with van der Waals surface area (Å²) in [6.45, 7) is 5.04. The van der Waals surface area contributed by atoms with Crippen LogP contribution in [0.25, 0.3) is 0 Å². The molecule has 4 heteroatoms. The second-order valence-electron chi connectivity index (χ2n) is 5.27. The lowest BCUT2D eigenvalue weighted by Gasteiger charge is -2.17. The summed E-state index contributed by atoms with van der Waals surface area (Å²) < 4.78 is 1.12. The van der Waals surface area contributed by atoms with Crippen molar-refractivity contribution in [2.24, 2.45) is 0 Å². The molecule has 1 heterocycles. The molecule has 3 nitrogen and oxygen atoms in total. The first-order valence-electron chi connectivity index (χ1n) is 7.01. The lowest BCUT2D eigenvalue weighted by molar-refractivity contribution is 0.746. The van der Waals surface area contributed by atoms with Gasteiger partial charge >= 0.3 is 0 Å². The predicted molar refractivity (Wildman–Crippen MR) is 90.1 cm³/mol. The second-order valence-corrected chi connectivity index (χ2v) is 6.35. The molecule has 1 aromatic heterocycles. The molecule has 20 heavy (non-hydrogen) atoms. The number of halogens is 1. The number of hydrogen-bond acceptors (Lipinski definition) is 3. The number of nitrogens with one attached hydrogen (secondary N) is 1. The first-order chi connectivity index (χ1) is 9.67. The number of hydrogen-bond donors (Lipinski definition) is 1. The lowest BCUT2D eigenvalue weighted by atomic mass is 9.95. The van der Waals surface area contributed by atoms with Crippen LogP contribution in [0.2, 0.25) is 0 Å². The maximum Gasteiger partial charge on any atom is 0.143 e. The van der Waals surface area contributed by atoms with Gasteiger partial charge in [-0.3, -0.25) is 0 Å². The van der Waals surface area contributed by atoms with Gasteiger partial charge in [-0.15, -0.1) is 0 Å². The Balaban J connectivity index is 2.07. The van der Waals surface area contributed by atoms with Crippen molar-refractivity contribution in [3.63, 3.8) is 0 Å². The molecule has 1 aliphatic rings. The van der Waals surface area contributed by atoms with Crippen LogP contribution in [-0.4, -0.2) is 16.5 Å². The Morgan fingerprint density at radius 3 is 2.50 bits per heavy atom. The van der Waals surface area contributed by atoms with Gasteiger partial charge < -0.3 is 5.32 Å². The van der Waals surface area contributed by atoms with Crippen molar-refractivity contribution in [3.8, 4) is 0 Å². The first-order valence-corrected chi connectivity index (χ1v) is 8.09. The van der Waals surface area contributed by atoms with Gasteiger partial charge in [-0.25, -0.2) is 9.97 Å². The molecule has 0 amide bonds. The molecule has 0 spiro atoms. The van der Waals surface area contributed by atoms with Gasteiger partial charge in [-0.1, -0.05) is 30.3 Å². The fraction of sp³-hybridized carbons (Fsp3) is 0.375. The minimum Gasteiger partial charge on any atom is -0.369 e. The molecule has 3 rings (SSSR count). The topological polar surface area (TPSA) is 37.8 Å². The standard InChI is InChI=1S/C16H18IN3/c1-3-18-14-13(17)11(2)19-15(20-14)16(9-10-16)12-7-5-4-6-8-12/h4-8H,3,9-10H2,1-2H3,(H,18,19,20). The van der Waals surface area contributed by atoms with Gasteiger partial charge in [0.2, 0.25) is 0 Å². The van der Waals surface area contributed by atoms with Crippen molar-refractivity contribution in [2.75, 3.05) is 11.9 Å². The number of benzene rings is 1. The molecule has 1 fully saturated rings. The summed E-state index contributed by atoms with van der Waals surface area (Å²) in [6.07, 6.45) is 2.28. The second kappa shape index (κ2) is 5.31. The van der Waals surface area contributed by atoms with Crippen LogP contribution in [0.3, 0.4) is 0 Å². The zero-order valence-electron chi connectivity index (χ0n) is 11.8. The minimum atomic E-state index is 0.0422. The number of aromatic nitrogens is 2. The van der Waals surface area contributed by atoms with E-state index in [1.807, 2.05) is 0 Å². The van der Waals surface area contributed by atoms with Gasteiger partial charge in [0.1, 0.15) is 11.6 Å². The molecule has 1 saturated carbocycles. The monoisotopic (exact) mass is 379 g/mol. The Hall–Kier alpha value is -1.17. The summed E-state index contributed by atoms with van der Waals surface area (Å²) in [7, 11) is 0. The first kappa shape index (κ1) is 13.8. The van der Waals surface area contributed by atoms with E-state index in [2.05, 4.69) is 72.1 Å². The summed E-state index contributed by atoms with van der Waals surface area (Å²) in [5, 5.41) is 3.35. The van der Waals surface area contributed by atoms with E-state index in [0.29, 0.717) is 0 Å². The average molecular weight is 379 g/mol. The van der Waals surface area contributed by atoms with E-state index in [4.69, 9.17) is 9.97 Å². The summed E-state index contributed by atoms with van der Waals surface area (Å²) in [6, 6.07) is 10.6. The molecule has 0 unspecified atom stereocenters. The van der Waals surface area contributed by atoms with Crippen LogP contribution < -0.4 is 5.32 Å². The van der Waals surface area contributed by atoms with Crippen molar-refractivity contribution >= 4 is 28.4 Å². The Labute approximate surface area is 133 Å². The molecular formula is C16H18IN3. The Bertz CT molecular complexity index is 621. The SMILES string of the molecule is CCNc1nc(C2(c3ccccc3)CC2)nc(C)c1I. The van der Waals surface area contributed by atoms with Crippen LogP contribution >= 0.6 is 22.6 Å². The van der Waals surface area contributed by atoms with Crippen LogP contribution in [0, 0.1) is 10.5 Å². The van der Waals surface area contributed by atoms with E-state index < -0.39 is 0 Å². The Morgan fingerprint density at radius 1 is 1.20 bits per heavy atom. The van der Waals surface area contributed by atoms with E-state index in [0.717, 1.165) is 40.3 Å². The third-order valence-corrected chi connectivity index (χ3v) is 5.16. The number of rotatable bonds is 4. The van der Waals surface area contributed by atoms with Crippen molar-refractivity contribution in [1.29, 1.82) is 0 Å². The fourth-order valence-electron chi connectivity index (χ4n) is 2.58. The highest BCUT2D eigenvalue weighted by Gasteiger charge is 2.48. The van der Waals surface area contributed by atoms with Crippen molar-refractivity contribution in [3.05, 3.63) is 51.0 Å². The molecular weight excluding hydrogens is 361 g/mol. The maximum atomic E-state index is 4.80. The molecule has 1 N–H and O–H groups in total. The Kier molecular flexibility index (Phi) is 3.67. The summed E-state index contributed by atoms with van der Waals surface area (Å²) in [5.41, 5.74) is 2.44. The van der Waals surface area contributed by atoms with Crippen molar-refractivity contribution in [1.82, 2.24) is 9.97 Å². The van der Waals surface area contributed by atoms with Crippen LogP contribution in [0.1, 0.15) is 36.8 Å². The van der Waals surface area contributed by atoms with Gasteiger partial charge in [0.15, 0.2) is 0 Å². The molecule has 104 valence electrons. The molecule has 1 aliphatic carbocycles. The van der Waals surface area contributed by atoms with E-state index in [-0.39, 0.29) is 5.41 Å². The minimum absolute atomic E-state index is 0.0422. The molecule has 0 bridgehead atoms. The van der Waals surface area contributed by atoms with Gasteiger partial charge in [0.25, 0.3) is 0 Å². The smallest absolute Gasteiger partial charge is 0.143 e. The van der Waals surface area contributed by atoms with E-state index in [1.165, 1.54) is 5.56 Å². The highest BCUT2D eigenvalue weighted by atomic mass is 127. The number of anilines is 1. The van der Waals surface area contributed by atoms with Gasteiger partial charge in [-0.05, 0) is 54.8 Å². The third kappa shape index (κ3) is 2.30. The van der Waals surface area contributed by atoms with E-state index >= 15 is 0 Å². The van der Waals surface area contributed by atoms with Gasteiger partial charge in [0, 0.05) is 6.54 Å². The highest BCUT2D eigenvalue weighted by molar-refractivity contribution is 14.1. The number of aryl methyl sites for hydroxylation is 1. The van der Waals surface area contributed by atoms with Crippen LogP contribution in [0.15, 0.2) is 30.3 Å². The largest absolute Gasteiger partial charge is 0.369 e. The van der Waals surface area contributed by atoms with Gasteiger partial charge in [-0.2, -0.15) is 0 Å². The van der Waals surface area contributed by atoms with E-state index in [9.17, 15) is 0 Å². The zero-order chi connectivity index (χ0) is 14.2. The van der Waals surface area contributed by atoms with Crippen molar-refractivity contribution in [2.45, 2.75) is 32.1 Å². The normalized spacial score (nSPS) is 15.9. The quantitative estimate of drug-likeness (QED) is 0.819. The van der Waals surface area contributed by atoms with Crippen LogP contribution in [-0.2, 0) is 5.41 Å². The van der Waals surface area contributed by atoms with Crippen LogP contribution in [0.5, 0.6) is 0 Å². The zero-order valence-corrected chi connectivity index (χ0v) is 13.9. The Morgan fingerprint density at radius 2 is 1.90 bits per heavy atom. The predicted octanol–water partition coefficient (Wildman–Crippen LogP) is 3.90. The third-order valence-electron chi connectivity index (χ3n) is 3.87. The van der Waals surface area contributed by atoms with Crippen molar-refractivity contribution < 1.29 is 0 Å². The highest BCUT2D eigenvalue weighted by Crippen LogP contribution is 2.52. The van der Waals surface area contributed by atoms with Gasteiger partial charge in [0.05, 0.1) is 14.7 Å². The molecule has 0 aliphatic heterocycles. The summed E-state index contributed by atoms with van der Waals surface area (Å²) in [4.78, 5) is 9.57. The molecule has 1 aromatic carbocycles. The lowest BCUT2D eigenvalue weighted by Crippen LogP contribution is -2.17. The molecule has 0 atom stereocenters. The summed E-state index contributed by atoms with van der Waals surface area (Å²) >= 11 is 2.32. The number of nitrogens with zero attached hydrogens (tertiary/aromatic N) is 2. The fourth-order valence-corrected chi connectivity index (χ4v) is 3.01. The van der Waals surface area contributed by atoms with Crippen LogP contribution in [0.4, 0.5) is 5.82 Å². The average Bonchev–Trinajstić information content (AvgIpc) is 3.26. The maximum absolute atomic E-state index is 4.80. The summed E-state index contributed by atoms with van der Waals surface area (Å²) in [5.74, 6) is 1.94. The molecule has 2 aromatic rings.